The quantitative estimate of drug-likeness (QED) is 0.854. The molecule has 2 aromatic rings. The number of aromatic nitrogens is 1. The Morgan fingerprint density at radius 2 is 2.21 bits per heavy atom. The van der Waals surface area contributed by atoms with E-state index in [0.29, 0.717) is 6.54 Å². The van der Waals surface area contributed by atoms with Crippen molar-refractivity contribution in [1.29, 1.82) is 0 Å². The first kappa shape index (κ1) is 14.5. The molecule has 0 atom stereocenters. The minimum absolute atomic E-state index is 0.131. The lowest BCUT2D eigenvalue weighted by atomic mass is 10.3. The van der Waals surface area contributed by atoms with Crippen molar-refractivity contribution in [2.75, 3.05) is 19.7 Å². The molecule has 0 aliphatic carbocycles. The van der Waals surface area contributed by atoms with Gasteiger partial charge in [-0.25, -0.2) is 13.8 Å². The maximum atomic E-state index is 12.4. The summed E-state index contributed by atoms with van der Waals surface area (Å²) in [7, 11) is 0. The van der Waals surface area contributed by atoms with Crippen LogP contribution < -0.4 is 0 Å². The number of nitrogens with zero attached hydrogens (tertiary/aromatic N) is 2. The van der Waals surface area contributed by atoms with Crippen molar-refractivity contribution in [2.45, 2.75) is 13.0 Å². The first-order chi connectivity index (χ1) is 9.19. The summed E-state index contributed by atoms with van der Waals surface area (Å²) in [5.74, 6) is 0. The second-order valence-corrected chi connectivity index (χ2v) is 5.64. The molecule has 0 spiro atoms. The van der Waals surface area contributed by atoms with Gasteiger partial charge in [0, 0.05) is 29.4 Å². The van der Waals surface area contributed by atoms with Gasteiger partial charge in [0.2, 0.25) is 0 Å². The van der Waals surface area contributed by atoms with Crippen molar-refractivity contribution in [3.05, 3.63) is 27.9 Å². The van der Waals surface area contributed by atoms with Crippen molar-refractivity contribution < 1.29 is 13.9 Å². The number of hydrogen-bond acceptors (Lipinski definition) is 5. The molecule has 0 amide bonds. The lowest BCUT2D eigenvalue weighted by molar-refractivity contribution is 0.0741. The van der Waals surface area contributed by atoms with Gasteiger partial charge in [-0.1, -0.05) is 0 Å². The fourth-order valence-corrected chi connectivity index (χ4v) is 3.22. The smallest absolute Gasteiger partial charge is 0.251 e. The third kappa shape index (κ3) is 4.31. The third-order valence-corrected chi connectivity index (χ3v) is 4.14. The van der Waals surface area contributed by atoms with Crippen LogP contribution in [0.1, 0.15) is 5.69 Å². The molecule has 0 unspecified atom stereocenters. The van der Waals surface area contributed by atoms with E-state index in [1.807, 2.05) is 22.2 Å². The number of rotatable bonds is 7. The van der Waals surface area contributed by atoms with Crippen molar-refractivity contribution >= 4 is 22.7 Å². The molecule has 2 heterocycles. The summed E-state index contributed by atoms with van der Waals surface area (Å²) in [4.78, 5) is 5.95. The standard InChI is InChI=1S/C12H14F2N2OS2/c13-11(14)6-16(2-3-17)5-10-8-19-12(15-10)9-1-4-18-7-9/h1,4,7-8,11,17H,2-3,5-6H2. The van der Waals surface area contributed by atoms with Gasteiger partial charge in [0.1, 0.15) is 5.01 Å². The fraction of sp³-hybridized carbons (Fsp3) is 0.417. The molecule has 1 N–H and O–H groups in total. The van der Waals surface area contributed by atoms with Gasteiger partial charge in [0.15, 0.2) is 0 Å². The molecule has 0 aliphatic rings. The summed E-state index contributed by atoms with van der Waals surface area (Å²) in [6, 6.07) is 1.98. The second kappa shape index (κ2) is 7.04. The van der Waals surface area contributed by atoms with E-state index >= 15 is 0 Å². The molecule has 3 nitrogen and oxygen atoms in total. The van der Waals surface area contributed by atoms with Gasteiger partial charge >= 0.3 is 0 Å². The lowest BCUT2D eigenvalue weighted by Gasteiger charge is -2.19. The Bertz CT molecular complexity index is 488. The summed E-state index contributed by atoms with van der Waals surface area (Å²) < 4.78 is 24.8. The largest absolute Gasteiger partial charge is 0.395 e. The van der Waals surface area contributed by atoms with Gasteiger partial charge < -0.3 is 5.11 Å². The zero-order chi connectivity index (χ0) is 13.7. The maximum absolute atomic E-state index is 12.4. The number of hydrogen-bond donors (Lipinski definition) is 1. The van der Waals surface area contributed by atoms with E-state index in [2.05, 4.69) is 4.98 Å². The minimum Gasteiger partial charge on any atom is -0.395 e. The molecule has 2 aromatic heterocycles. The van der Waals surface area contributed by atoms with E-state index in [1.54, 1.807) is 11.3 Å². The topological polar surface area (TPSA) is 36.4 Å². The number of alkyl halides is 2. The highest BCUT2D eigenvalue weighted by Crippen LogP contribution is 2.26. The molecular weight excluding hydrogens is 290 g/mol. The Morgan fingerprint density at radius 3 is 2.84 bits per heavy atom. The molecule has 0 aliphatic heterocycles. The van der Waals surface area contributed by atoms with Crippen molar-refractivity contribution in [3.8, 4) is 10.6 Å². The molecule has 0 fully saturated rings. The molecule has 0 aromatic carbocycles. The Morgan fingerprint density at radius 1 is 1.37 bits per heavy atom. The van der Waals surface area contributed by atoms with Crippen LogP contribution in [-0.4, -0.2) is 41.1 Å². The van der Waals surface area contributed by atoms with E-state index in [9.17, 15) is 8.78 Å². The van der Waals surface area contributed by atoms with Gasteiger partial charge in [-0.2, -0.15) is 11.3 Å². The number of thiazole rings is 1. The molecule has 0 saturated carbocycles. The minimum atomic E-state index is -2.40. The van der Waals surface area contributed by atoms with Crippen LogP contribution in [-0.2, 0) is 6.54 Å². The van der Waals surface area contributed by atoms with E-state index in [-0.39, 0.29) is 19.7 Å². The van der Waals surface area contributed by atoms with E-state index in [1.165, 1.54) is 16.2 Å². The number of aliphatic hydroxyl groups is 1. The average molecular weight is 304 g/mol. The third-order valence-electron chi connectivity index (χ3n) is 2.52. The molecule has 0 saturated heterocycles. The SMILES string of the molecule is OCCN(Cc1csc(-c2ccsc2)n1)CC(F)F. The molecule has 2 rings (SSSR count). The van der Waals surface area contributed by atoms with E-state index in [0.717, 1.165) is 16.3 Å². The Hall–Kier alpha value is -0.890. The summed E-state index contributed by atoms with van der Waals surface area (Å²) in [6.45, 7) is 0.0985. The van der Waals surface area contributed by atoms with Crippen LogP contribution >= 0.6 is 22.7 Å². The summed E-state index contributed by atoms with van der Waals surface area (Å²) in [5.41, 5.74) is 1.82. The summed E-state index contributed by atoms with van der Waals surface area (Å²) in [5, 5.41) is 15.6. The summed E-state index contributed by atoms with van der Waals surface area (Å²) >= 11 is 3.10. The van der Waals surface area contributed by atoms with Gasteiger partial charge in [-0.15, -0.1) is 11.3 Å². The monoisotopic (exact) mass is 304 g/mol. The van der Waals surface area contributed by atoms with Crippen LogP contribution in [0.25, 0.3) is 10.6 Å². The van der Waals surface area contributed by atoms with Gasteiger partial charge in [-0.3, -0.25) is 4.90 Å². The summed E-state index contributed by atoms with van der Waals surface area (Å²) in [6.07, 6.45) is -2.40. The second-order valence-electron chi connectivity index (χ2n) is 4.01. The van der Waals surface area contributed by atoms with E-state index < -0.39 is 6.43 Å². The van der Waals surface area contributed by atoms with Crippen molar-refractivity contribution in [2.24, 2.45) is 0 Å². The molecular formula is C12H14F2N2OS2. The van der Waals surface area contributed by atoms with Crippen LogP contribution in [0, 0.1) is 0 Å². The predicted molar refractivity (Wildman–Crippen MR) is 73.8 cm³/mol. The predicted octanol–water partition coefficient (Wildman–Crippen LogP) is 2.93. The zero-order valence-electron chi connectivity index (χ0n) is 10.1. The highest BCUT2D eigenvalue weighted by atomic mass is 32.1. The highest BCUT2D eigenvalue weighted by molar-refractivity contribution is 7.14. The van der Waals surface area contributed by atoms with Gasteiger partial charge in [0.05, 0.1) is 18.8 Å². The van der Waals surface area contributed by atoms with Gasteiger partial charge in [0.25, 0.3) is 6.43 Å². The van der Waals surface area contributed by atoms with Crippen LogP contribution in [0.15, 0.2) is 22.2 Å². The first-order valence-electron chi connectivity index (χ1n) is 5.77. The zero-order valence-corrected chi connectivity index (χ0v) is 11.8. The number of thiophene rings is 1. The lowest BCUT2D eigenvalue weighted by Crippen LogP contribution is -2.31. The van der Waals surface area contributed by atoms with E-state index in [4.69, 9.17) is 5.11 Å². The van der Waals surface area contributed by atoms with Crippen LogP contribution in [0.4, 0.5) is 8.78 Å². The molecule has 0 radical (unpaired) electrons. The fourth-order valence-electron chi connectivity index (χ4n) is 1.70. The van der Waals surface area contributed by atoms with Gasteiger partial charge in [-0.05, 0) is 11.4 Å². The molecule has 104 valence electrons. The molecule has 7 heteroatoms. The van der Waals surface area contributed by atoms with Crippen molar-refractivity contribution in [1.82, 2.24) is 9.88 Å². The molecule has 0 bridgehead atoms. The molecule has 19 heavy (non-hydrogen) atoms. The Labute approximate surface area is 118 Å². The number of halogens is 2. The average Bonchev–Trinajstić information content (AvgIpc) is 2.97. The van der Waals surface area contributed by atoms with Crippen LogP contribution in [0.5, 0.6) is 0 Å². The number of aliphatic hydroxyl groups excluding tert-OH is 1. The Kier molecular flexibility index (Phi) is 5.38. The van der Waals surface area contributed by atoms with Crippen LogP contribution in [0.3, 0.4) is 0 Å². The van der Waals surface area contributed by atoms with Crippen LogP contribution in [0.2, 0.25) is 0 Å². The Balaban J connectivity index is 2.01. The normalized spacial score (nSPS) is 11.6. The first-order valence-corrected chi connectivity index (χ1v) is 7.59. The van der Waals surface area contributed by atoms with Crippen molar-refractivity contribution in [3.63, 3.8) is 0 Å². The maximum Gasteiger partial charge on any atom is 0.251 e. The highest BCUT2D eigenvalue weighted by Gasteiger charge is 2.14.